The summed E-state index contributed by atoms with van der Waals surface area (Å²) >= 11 is 0. The van der Waals surface area contributed by atoms with Gasteiger partial charge in [0.1, 0.15) is 17.7 Å². The van der Waals surface area contributed by atoms with Crippen LogP contribution in [-0.2, 0) is 9.53 Å². The lowest BCUT2D eigenvalue weighted by molar-refractivity contribution is -0.159. The molecule has 27 heavy (non-hydrogen) atoms. The molecule has 6 heteroatoms. The number of hydrogen-bond acceptors (Lipinski definition) is 4. The number of benzene rings is 2. The Balaban J connectivity index is 1.53. The van der Waals surface area contributed by atoms with E-state index in [9.17, 15) is 13.6 Å². The highest BCUT2D eigenvalue weighted by Gasteiger charge is 2.37. The van der Waals surface area contributed by atoms with Gasteiger partial charge in [0.25, 0.3) is 0 Å². The second kappa shape index (κ2) is 7.64. The SMILES string of the molecule is O=C(OC1CN2CCC1CC2)C(Nc1ccc(F)cc1)c1ccc(F)cc1. The van der Waals surface area contributed by atoms with Crippen molar-refractivity contribution < 1.29 is 18.3 Å². The number of fused-ring (bicyclic) bond motifs is 3. The fourth-order valence-corrected chi connectivity index (χ4v) is 3.91. The van der Waals surface area contributed by atoms with Crippen molar-refractivity contribution in [3.05, 3.63) is 65.7 Å². The molecule has 3 heterocycles. The van der Waals surface area contributed by atoms with Crippen LogP contribution in [0.3, 0.4) is 0 Å². The van der Waals surface area contributed by atoms with E-state index in [4.69, 9.17) is 4.74 Å². The lowest BCUT2D eigenvalue weighted by Crippen LogP contribution is -2.52. The molecular formula is C21H22F2N2O2. The lowest BCUT2D eigenvalue weighted by Gasteiger charge is -2.44. The standard InChI is InChI=1S/C21H22F2N2O2/c22-16-3-1-15(2-4-16)20(24-18-7-5-17(23)6-8-18)21(26)27-19-13-25-11-9-14(19)10-12-25/h1-8,14,19-20,24H,9-13H2. The molecule has 2 aromatic rings. The predicted molar refractivity (Wildman–Crippen MR) is 98.2 cm³/mol. The molecule has 3 saturated heterocycles. The molecule has 2 bridgehead atoms. The van der Waals surface area contributed by atoms with E-state index in [1.165, 1.54) is 24.3 Å². The third-order valence-electron chi connectivity index (χ3n) is 5.46. The molecule has 0 aliphatic carbocycles. The molecular weight excluding hydrogens is 350 g/mol. The molecule has 4 nitrogen and oxygen atoms in total. The van der Waals surface area contributed by atoms with E-state index in [1.54, 1.807) is 24.3 Å². The molecule has 0 radical (unpaired) electrons. The molecule has 3 fully saturated rings. The predicted octanol–water partition coefficient (Wildman–Crippen LogP) is 3.76. The quantitative estimate of drug-likeness (QED) is 0.812. The fourth-order valence-electron chi connectivity index (χ4n) is 3.91. The van der Waals surface area contributed by atoms with Crippen molar-refractivity contribution in [2.75, 3.05) is 25.0 Å². The summed E-state index contributed by atoms with van der Waals surface area (Å²) in [5.74, 6) is -0.720. The fraction of sp³-hybridized carbons (Fsp3) is 0.381. The smallest absolute Gasteiger partial charge is 0.333 e. The molecule has 5 rings (SSSR count). The van der Waals surface area contributed by atoms with Gasteiger partial charge in [-0.05, 0) is 73.8 Å². The van der Waals surface area contributed by atoms with Crippen LogP contribution in [0.15, 0.2) is 48.5 Å². The van der Waals surface area contributed by atoms with Gasteiger partial charge in [-0.25, -0.2) is 13.6 Å². The largest absolute Gasteiger partial charge is 0.459 e. The molecule has 2 unspecified atom stereocenters. The zero-order valence-electron chi connectivity index (χ0n) is 14.9. The Hall–Kier alpha value is -2.47. The van der Waals surface area contributed by atoms with Crippen molar-refractivity contribution in [3.63, 3.8) is 0 Å². The first-order valence-corrected chi connectivity index (χ1v) is 9.29. The summed E-state index contributed by atoms with van der Waals surface area (Å²) in [4.78, 5) is 15.3. The van der Waals surface area contributed by atoms with Gasteiger partial charge in [-0.2, -0.15) is 0 Å². The number of hydrogen-bond donors (Lipinski definition) is 1. The van der Waals surface area contributed by atoms with Gasteiger partial charge < -0.3 is 10.1 Å². The number of anilines is 1. The second-order valence-corrected chi connectivity index (χ2v) is 7.25. The molecule has 0 spiro atoms. The van der Waals surface area contributed by atoms with E-state index in [1.807, 2.05) is 0 Å². The minimum Gasteiger partial charge on any atom is -0.459 e. The van der Waals surface area contributed by atoms with Crippen LogP contribution < -0.4 is 5.32 Å². The zero-order chi connectivity index (χ0) is 18.8. The van der Waals surface area contributed by atoms with Crippen LogP contribution in [0.4, 0.5) is 14.5 Å². The number of carbonyl (C=O) groups is 1. The third kappa shape index (κ3) is 4.11. The van der Waals surface area contributed by atoms with E-state index in [-0.39, 0.29) is 17.7 Å². The van der Waals surface area contributed by atoms with Gasteiger partial charge >= 0.3 is 5.97 Å². The Morgan fingerprint density at radius 2 is 1.59 bits per heavy atom. The maximum Gasteiger partial charge on any atom is 0.333 e. The lowest BCUT2D eigenvalue weighted by atomic mass is 9.86. The van der Waals surface area contributed by atoms with Gasteiger partial charge in [-0.15, -0.1) is 0 Å². The minimum atomic E-state index is -0.786. The van der Waals surface area contributed by atoms with Crippen LogP contribution in [0.5, 0.6) is 0 Å². The van der Waals surface area contributed by atoms with Gasteiger partial charge in [-0.1, -0.05) is 12.1 Å². The molecule has 1 N–H and O–H groups in total. The Kier molecular flexibility index (Phi) is 5.07. The summed E-state index contributed by atoms with van der Waals surface area (Å²) in [5.41, 5.74) is 1.20. The third-order valence-corrected chi connectivity index (χ3v) is 5.46. The van der Waals surface area contributed by atoms with Crippen molar-refractivity contribution in [1.29, 1.82) is 0 Å². The van der Waals surface area contributed by atoms with Crippen LogP contribution in [-0.4, -0.2) is 36.6 Å². The van der Waals surface area contributed by atoms with Crippen LogP contribution >= 0.6 is 0 Å². The topological polar surface area (TPSA) is 41.6 Å². The Morgan fingerprint density at radius 1 is 1.00 bits per heavy atom. The molecule has 0 saturated carbocycles. The average molecular weight is 372 g/mol. The number of nitrogens with one attached hydrogen (secondary N) is 1. The highest BCUT2D eigenvalue weighted by atomic mass is 19.1. The summed E-state index contributed by atoms with van der Waals surface area (Å²) in [6.45, 7) is 2.89. The second-order valence-electron chi connectivity index (χ2n) is 7.25. The number of carbonyl (C=O) groups excluding carboxylic acids is 1. The number of nitrogens with zero attached hydrogens (tertiary/aromatic N) is 1. The zero-order valence-corrected chi connectivity index (χ0v) is 14.9. The molecule has 2 aromatic carbocycles. The first-order valence-electron chi connectivity index (χ1n) is 9.29. The number of halogens is 2. The Labute approximate surface area is 157 Å². The molecule has 0 amide bonds. The number of ether oxygens (including phenoxy) is 1. The van der Waals surface area contributed by atoms with E-state index >= 15 is 0 Å². The van der Waals surface area contributed by atoms with Gasteiger partial charge in [0.05, 0.1) is 0 Å². The van der Waals surface area contributed by atoms with Crippen molar-refractivity contribution >= 4 is 11.7 Å². The minimum absolute atomic E-state index is 0.113. The van der Waals surface area contributed by atoms with Crippen LogP contribution in [0.1, 0.15) is 24.4 Å². The average Bonchev–Trinajstić information content (AvgIpc) is 2.69. The summed E-state index contributed by atoms with van der Waals surface area (Å²) in [6.07, 6.45) is 1.98. The van der Waals surface area contributed by atoms with E-state index in [0.29, 0.717) is 17.2 Å². The van der Waals surface area contributed by atoms with Crippen molar-refractivity contribution in [2.24, 2.45) is 5.92 Å². The maximum atomic E-state index is 13.3. The number of piperidine rings is 3. The van der Waals surface area contributed by atoms with Gasteiger partial charge in [0, 0.05) is 12.2 Å². The number of esters is 1. The maximum absolute atomic E-state index is 13.3. The molecule has 3 aliphatic heterocycles. The Bertz CT molecular complexity index is 787. The van der Waals surface area contributed by atoms with Gasteiger partial charge in [0.2, 0.25) is 0 Å². The highest BCUT2D eigenvalue weighted by Crippen LogP contribution is 2.31. The summed E-state index contributed by atoms with van der Waals surface area (Å²) < 4.78 is 32.3. The monoisotopic (exact) mass is 372 g/mol. The molecule has 2 atom stereocenters. The first kappa shape index (κ1) is 17.9. The van der Waals surface area contributed by atoms with Crippen molar-refractivity contribution in [2.45, 2.75) is 25.0 Å². The van der Waals surface area contributed by atoms with Gasteiger partial charge in [-0.3, -0.25) is 4.90 Å². The van der Waals surface area contributed by atoms with Crippen molar-refractivity contribution in [3.8, 4) is 0 Å². The summed E-state index contributed by atoms with van der Waals surface area (Å²) in [6, 6.07) is 10.7. The normalized spacial score (nSPS) is 25.0. The van der Waals surface area contributed by atoms with Crippen LogP contribution in [0.2, 0.25) is 0 Å². The molecule has 3 aliphatic rings. The van der Waals surface area contributed by atoms with E-state index in [2.05, 4.69) is 10.2 Å². The Morgan fingerprint density at radius 3 is 2.15 bits per heavy atom. The first-order chi connectivity index (χ1) is 13.1. The molecule has 0 aromatic heterocycles. The van der Waals surface area contributed by atoms with E-state index in [0.717, 1.165) is 32.5 Å². The number of rotatable bonds is 5. The van der Waals surface area contributed by atoms with Crippen LogP contribution in [0.25, 0.3) is 0 Å². The summed E-state index contributed by atoms with van der Waals surface area (Å²) in [5, 5.41) is 3.10. The van der Waals surface area contributed by atoms with Gasteiger partial charge in [0.15, 0.2) is 6.04 Å². The van der Waals surface area contributed by atoms with Crippen LogP contribution in [0, 0.1) is 17.6 Å². The highest BCUT2D eigenvalue weighted by molar-refractivity contribution is 5.81. The van der Waals surface area contributed by atoms with E-state index < -0.39 is 12.0 Å². The van der Waals surface area contributed by atoms with Crippen molar-refractivity contribution in [1.82, 2.24) is 4.90 Å². The molecule has 142 valence electrons. The summed E-state index contributed by atoms with van der Waals surface area (Å²) in [7, 11) is 0.